The SMILES string of the molecule is CN1CCN([C@@H]2COC3(CCN(C(=O)c4cccs4)CC3)C2)CC1. The Kier molecular flexibility index (Phi) is 4.64. The van der Waals surface area contributed by atoms with Crippen molar-refractivity contribution in [2.24, 2.45) is 0 Å². The average Bonchev–Trinajstić information content (AvgIpc) is 3.26. The number of ether oxygens (including phenoxy) is 1. The van der Waals surface area contributed by atoms with Crippen LogP contribution in [0.15, 0.2) is 17.5 Å². The quantitative estimate of drug-likeness (QED) is 0.815. The zero-order chi connectivity index (χ0) is 16.6. The molecular weight excluding hydrogens is 322 g/mol. The number of thiophene rings is 1. The van der Waals surface area contributed by atoms with E-state index in [9.17, 15) is 4.79 Å². The topological polar surface area (TPSA) is 36.0 Å². The smallest absolute Gasteiger partial charge is 0.263 e. The Morgan fingerprint density at radius 1 is 1.21 bits per heavy atom. The summed E-state index contributed by atoms with van der Waals surface area (Å²) in [5.41, 5.74) is 0.0141. The molecule has 6 heteroatoms. The van der Waals surface area contributed by atoms with Crippen LogP contribution in [0.5, 0.6) is 0 Å². The van der Waals surface area contributed by atoms with Crippen molar-refractivity contribution in [1.29, 1.82) is 0 Å². The molecule has 3 fully saturated rings. The molecule has 4 heterocycles. The second-order valence-corrected chi connectivity index (χ2v) is 8.41. The van der Waals surface area contributed by atoms with Crippen LogP contribution in [0.1, 0.15) is 28.9 Å². The molecule has 5 nitrogen and oxygen atoms in total. The van der Waals surface area contributed by atoms with Crippen LogP contribution in [-0.4, -0.2) is 85.2 Å². The Morgan fingerprint density at radius 2 is 1.96 bits per heavy atom. The fourth-order valence-corrected chi connectivity index (χ4v) is 4.95. The van der Waals surface area contributed by atoms with Crippen LogP contribution in [-0.2, 0) is 4.74 Å². The largest absolute Gasteiger partial charge is 0.373 e. The van der Waals surface area contributed by atoms with E-state index in [1.165, 1.54) is 11.3 Å². The third-order valence-electron chi connectivity index (χ3n) is 5.94. The van der Waals surface area contributed by atoms with Gasteiger partial charge in [0, 0.05) is 45.3 Å². The van der Waals surface area contributed by atoms with Crippen LogP contribution in [0, 0.1) is 0 Å². The van der Waals surface area contributed by atoms with E-state index in [2.05, 4.69) is 16.8 Å². The molecule has 1 aromatic heterocycles. The normalized spacial score (nSPS) is 28.5. The molecule has 1 spiro atoms. The minimum Gasteiger partial charge on any atom is -0.373 e. The molecule has 0 bridgehead atoms. The zero-order valence-corrected chi connectivity index (χ0v) is 15.3. The standard InChI is InChI=1S/C18H27N3O2S/c1-19-8-10-20(11-9-19)15-13-18(23-14-15)4-6-21(7-5-18)17(22)16-3-2-12-24-16/h2-3,12,15H,4-11,13-14H2,1H3/t15-/m0/s1. The predicted octanol–water partition coefficient (Wildman–Crippen LogP) is 1.76. The first-order valence-electron chi connectivity index (χ1n) is 9.05. The van der Waals surface area contributed by atoms with E-state index in [0.717, 1.165) is 70.0 Å². The van der Waals surface area contributed by atoms with Gasteiger partial charge in [-0.15, -0.1) is 11.3 Å². The van der Waals surface area contributed by atoms with E-state index < -0.39 is 0 Å². The van der Waals surface area contributed by atoms with Gasteiger partial charge in [-0.2, -0.15) is 0 Å². The molecule has 1 atom stereocenters. The Labute approximate surface area is 148 Å². The number of hydrogen-bond acceptors (Lipinski definition) is 5. The Balaban J connectivity index is 1.32. The van der Waals surface area contributed by atoms with E-state index >= 15 is 0 Å². The number of likely N-dealkylation sites (N-methyl/N-ethyl adjacent to an activating group) is 1. The molecule has 0 aromatic carbocycles. The van der Waals surface area contributed by atoms with Crippen molar-refractivity contribution < 1.29 is 9.53 Å². The monoisotopic (exact) mass is 349 g/mol. The molecule has 0 aliphatic carbocycles. The second-order valence-electron chi connectivity index (χ2n) is 7.46. The predicted molar refractivity (Wildman–Crippen MR) is 95.6 cm³/mol. The van der Waals surface area contributed by atoms with Crippen molar-refractivity contribution in [2.75, 3.05) is 52.9 Å². The molecule has 3 aliphatic heterocycles. The molecule has 3 saturated heterocycles. The number of rotatable bonds is 2. The summed E-state index contributed by atoms with van der Waals surface area (Å²) in [6, 6.07) is 4.44. The summed E-state index contributed by atoms with van der Waals surface area (Å²) in [5, 5.41) is 1.97. The number of likely N-dealkylation sites (tertiary alicyclic amines) is 1. The summed E-state index contributed by atoms with van der Waals surface area (Å²) in [4.78, 5) is 20.4. The van der Waals surface area contributed by atoms with Crippen molar-refractivity contribution >= 4 is 17.2 Å². The first kappa shape index (κ1) is 16.5. The van der Waals surface area contributed by atoms with Crippen molar-refractivity contribution in [3.8, 4) is 0 Å². The summed E-state index contributed by atoms with van der Waals surface area (Å²) in [5.74, 6) is 0.188. The van der Waals surface area contributed by atoms with E-state index in [4.69, 9.17) is 4.74 Å². The number of piperidine rings is 1. The van der Waals surface area contributed by atoms with E-state index in [-0.39, 0.29) is 11.5 Å². The van der Waals surface area contributed by atoms with E-state index in [0.29, 0.717) is 6.04 Å². The summed E-state index contributed by atoms with van der Waals surface area (Å²) in [6.45, 7) is 7.15. The summed E-state index contributed by atoms with van der Waals surface area (Å²) >= 11 is 1.53. The maximum absolute atomic E-state index is 12.5. The van der Waals surface area contributed by atoms with E-state index in [1.54, 1.807) is 0 Å². The average molecular weight is 350 g/mol. The van der Waals surface area contributed by atoms with Gasteiger partial charge in [-0.1, -0.05) is 6.07 Å². The zero-order valence-electron chi connectivity index (χ0n) is 14.4. The molecule has 3 aliphatic rings. The fraction of sp³-hybridized carbons (Fsp3) is 0.722. The molecule has 1 aromatic rings. The molecule has 0 N–H and O–H groups in total. The molecule has 0 saturated carbocycles. The van der Waals surface area contributed by atoms with Gasteiger partial charge in [-0.3, -0.25) is 9.69 Å². The van der Waals surface area contributed by atoms with Gasteiger partial charge in [0.1, 0.15) is 0 Å². The van der Waals surface area contributed by atoms with Gasteiger partial charge in [0.25, 0.3) is 5.91 Å². The van der Waals surface area contributed by atoms with Gasteiger partial charge >= 0.3 is 0 Å². The van der Waals surface area contributed by atoms with Gasteiger partial charge in [-0.25, -0.2) is 0 Å². The highest BCUT2D eigenvalue weighted by Gasteiger charge is 2.45. The van der Waals surface area contributed by atoms with Crippen molar-refractivity contribution in [3.63, 3.8) is 0 Å². The lowest BCUT2D eigenvalue weighted by Crippen LogP contribution is -2.50. The molecule has 4 rings (SSSR count). The van der Waals surface area contributed by atoms with Crippen LogP contribution in [0.3, 0.4) is 0 Å². The number of amides is 1. The van der Waals surface area contributed by atoms with Crippen LogP contribution in [0.2, 0.25) is 0 Å². The van der Waals surface area contributed by atoms with Crippen molar-refractivity contribution in [2.45, 2.75) is 30.9 Å². The first-order valence-corrected chi connectivity index (χ1v) is 9.93. The Hall–Kier alpha value is -0.950. The molecule has 1 amide bonds. The van der Waals surface area contributed by atoms with Gasteiger partial charge in [0.2, 0.25) is 0 Å². The van der Waals surface area contributed by atoms with Crippen molar-refractivity contribution in [3.05, 3.63) is 22.4 Å². The lowest BCUT2D eigenvalue weighted by Gasteiger charge is -2.39. The highest BCUT2D eigenvalue weighted by molar-refractivity contribution is 7.12. The maximum atomic E-state index is 12.5. The third-order valence-corrected chi connectivity index (χ3v) is 6.80. The van der Waals surface area contributed by atoms with Gasteiger partial charge in [0.05, 0.1) is 17.1 Å². The molecule has 132 valence electrons. The Morgan fingerprint density at radius 3 is 2.62 bits per heavy atom. The molecular formula is C18H27N3O2S. The maximum Gasteiger partial charge on any atom is 0.263 e. The van der Waals surface area contributed by atoms with Crippen LogP contribution < -0.4 is 0 Å². The van der Waals surface area contributed by atoms with Crippen LogP contribution in [0.25, 0.3) is 0 Å². The third kappa shape index (κ3) is 3.25. The number of carbonyl (C=O) groups is 1. The molecule has 0 unspecified atom stereocenters. The first-order chi connectivity index (χ1) is 11.7. The van der Waals surface area contributed by atoms with Crippen molar-refractivity contribution in [1.82, 2.24) is 14.7 Å². The van der Waals surface area contributed by atoms with Gasteiger partial charge in [0.15, 0.2) is 0 Å². The minimum atomic E-state index is 0.0141. The Bertz CT molecular complexity index is 561. The second kappa shape index (κ2) is 6.75. The number of nitrogens with zero attached hydrogens (tertiary/aromatic N) is 3. The number of piperazine rings is 1. The lowest BCUT2D eigenvalue weighted by atomic mass is 9.87. The van der Waals surface area contributed by atoms with Crippen LogP contribution in [0.4, 0.5) is 0 Å². The number of hydrogen-bond donors (Lipinski definition) is 0. The fourth-order valence-electron chi connectivity index (χ4n) is 4.26. The summed E-state index contributed by atoms with van der Waals surface area (Å²) < 4.78 is 6.30. The van der Waals surface area contributed by atoms with Gasteiger partial charge < -0.3 is 14.5 Å². The van der Waals surface area contributed by atoms with Crippen LogP contribution >= 0.6 is 11.3 Å². The molecule has 24 heavy (non-hydrogen) atoms. The van der Waals surface area contributed by atoms with E-state index in [1.807, 2.05) is 22.4 Å². The highest BCUT2D eigenvalue weighted by Crippen LogP contribution is 2.38. The number of carbonyl (C=O) groups excluding carboxylic acids is 1. The van der Waals surface area contributed by atoms with Gasteiger partial charge in [-0.05, 0) is 37.8 Å². The minimum absolute atomic E-state index is 0.0141. The highest BCUT2D eigenvalue weighted by atomic mass is 32.1. The molecule has 0 radical (unpaired) electrons. The summed E-state index contributed by atoms with van der Waals surface area (Å²) in [6.07, 6.45) is 3.10. The lowest BCUT2D eigenvalue weighted by molar-refractivity contribution is -0.0394. The summed E-state index contributed by atoms with van der Waals surface area (Å²) in [7, 11) is 2.20.